The molecule has 1 aliphatic carbocycles. The summed E-state index contributed by atoms with van der Waals surface area (Å²) in [4.78, 5) is 43.3. The molecule has 1 saturated heterocycles. The van der Waals surface area contributed by atoms with Crippen LogP contribution in [-0.4, -0.2) is 66.0 Å². The Kier molecular flexibility index (Phi) is 7.70. The number of hydrogen-bond donors (Lipinski definition) is 2. The number of methoxy groups -OCH3 is 1. The van der Waals surface area contributed by atoms with Crippen LogP contribution in [0.2, 0.25) is 0 Å². The average molecular weight is 479 g/mol. The van der Waals surface area contributed by atoms with Crippen LogP contribution in [0.15, 0.2) is 48.5 Å². The average Bonchev–Trinajstić information content (AvgIpc) is 3.31. The Balaban J connectivity index is 1.54. The van der Waals surface area contributed by atoms with Gasteiger partial charge in [-0.05, 0) is 62.4 Å². The van der Waals surface area contributed by atoms with Gasteiger partial charge < -0.3 is 25.6 Å². The molecule has 2 aliphatic rings. The van der Waals surface area contributed by atoms with Crippen LogP contribution in [0, 0.1) is 6.92 Å². The number of aryl methyl sites for hydroxylation is 1. The number of amides is 3. The summed E-state index contributed by atoms with van der Waals surface area (Å²) in [6, 6.07) is 14.7. The van der Waals surface area contributed by atoms with Gasteiger partial charge in [0.25, 0.3) is 11.8 Å². The summed E-state index contributed by atoms with van der Waals surface area (Å²) in [6.45, 7) is 2.53. The van der Waals surface area contributed by atoms with Crippen LogP contribution in [0.1, 0.15) is 47.2 Å². The van der Waals surface area contributed by atoms with Gasteiger partial charge >= 0.3 is 0 Å². The van der Waals surface area contributed by atoms with Crippen molar-refractivity contribution in [1.82, 2.24) is 15.1 Å². The zero-order chi connectivity index (χ0) is 24.9. The van der Waals surface area contributed by atoms with Crippen molar-refractivity contribution in [2.24, 2.45) is 5.73 Å². The first-order valence-corrected chi connectivity index (χ1v) is 12.2. The Morgan fingerprint density at radius 3 is 2.34 bits per heavy atom. The van der Waals surface area contributed by atoms with Gasteiger partial charge in [0.2, 0.25) is 5.91 Å². The lowest BCUT2D eigenvalue weighted by Crippen LogP contribution is -2.56. The number of benzene rings is 2. The lowest BCUT2D eigenvalue weighted by molar-refractivity contribution is -0.141. The SMILES string of the molecule is COc1ccc(CC(=O)N2CCN(C(=O)c3cccc(C)c3)C2C(=O)NC2CCC(N)CC2)cc1. The fourth-order valence-electron chi connectivity index (χ4n) is 4.89. The van der Waals surface area contributed by atoms with E-state index in [9.17, 15) is 14.4 Å². The molecule has 8 nitrogen and oxygen atoms in total. The van der Waals surface area contributed by atoms with Gasteiger partial charge in [0, 0.05) is 30.7 Å². The topological polar surface area (TPSA) is 105 Å². The fraction of sp³-hybridized carbons (Fsp3) is 0.444. The van der Waals surface area contributed by atoms with E-state index in [0.29, 0.717) is 24.4 Å². The van der Waals surface area contributed by atoms with Gasteiger partial charge in [-0.3, -0.25) is 14.4 Å². The van der Waals surface area contributed by atoms with Gasteiger partial charge in [0.1, 0.15) is 5.75 Å². The summed E-state index contributed by atoms with van der Waals surface area (Å²) in [5, 5.41) is 3.09. The van der Waals surface area contributed by atoms with Crippen LogP contribution in [-0.2, 0) is 16.0 Å². The summed E-state index contributed by atoms with van der Waals surface area (Å²) in [6.07, 6.45) is 2.45. The molecule has 3 amide bonds. The zero-order valence-electron chi connectivity index (χ0n) is 20.4. The molecule has 2 aromatic rings. The predicted octanol–water partition coefficient (Wildman–Crippen LogP) is 2.24. The second-order valence-corrected chi connectivity index (χ2v) is 9.47. The molecular formula is C27H34N4O4. The standard InChI is InChI=1S/C27H34N4O4/c1-18-4-3-5-20(16-18)27(34)31-15-14-30(24(32)17-19-6-12-23(35-2)13-7-19)26(31)25(33)29-22-10-8-21(28)9-11-22/h3-7,12-13,16,21-22,26H,8-11,14-15,17,28H2,1-2H3,(H,29,33). The highest BCUT2D eigenvalue weighted by Crippen LogP contribution is 2.23. The van der Waals surface area contributed by atoms with E-state index in [1.165, 1.54) is 9.80 Å². The highest BCUT2D eigenvalue weighted by Gasteiger charge is 2.43. The summed E-state index contributed by atoms with van der Waals surface area (Å²) >= 11 is 0. The van der Waals surface area contributed by atoms with Crippen molar-refractivity contribution in [3.8, 4) is 5.75 Å². The van der Waals surface area contributed by atoms with Gasteiger partial charge in [-0.15, -0.1) is 0 Å². The third-order valence-electron chi connectivity index (χ3n) is 6.89. The third-order valence-corrected chi connectivity index (χ3v) is 6.89. The molecule has 35 heavy (non-hydrogen) atoms. The Morgan fingerprint density at radius 1 is 1.00 bits per heavy atom. The molecule has 1 aliphatic heterocycles. The molecule has 2 fully saturated rings. The lowest BCUT2D eigenvalue weighted by atomic mass is 9.92. The molecule has 3 N–H and O–H groups in total. The summed E-state index contributed by atoms with van der Waals surface area (Å²) in [5.41, 5.74) is 8.30. The largest absolute Gasteiger partial charge is 0.497 e. The molecule has 0 aromatic heterocycles. The van der Waals surface area contributed by atoms with Crippen molar-refractivity contribution in [2.75, 3.05) is 20.2 Å². The predicted molar refractivity (Wildman–Crippen MR) is 133 cm³/mol. The minimum Gasteiger partial charge on any atom is -0.497 e. The van der Waals surface area contributed by atoms with Crippen molar-refractivity contribution < 1.29 is 19.1 Å². The van der Waals surface area contributed by atoms with Crippen molar-refractivity contribution in [3.05, 3.63) is 65.2 Å². The first-order chi connectivity index (χ1) is 16.9. The van der Waals surface area contributed by atoms with Crippen molar-refractivity contribution in [1.29, 1.82) is 0 Å². The van der Waals surface area contributed by atoms with E-state index in [4.69, 9.17) is 10.5 Å². The van der Waals surface area contributed by atoms with Crippen molar-refractivity contribution in [3.63, 3.8) is 0 Å². The maximum absolute atomic E-state index is 13.5. The lowest BCUT2D eigenvalue weighted by Gasteiger charge is -2.33. The number of carbonyl (C=O) groups excluding carboxylic acids is 3. The Bertz CT molecular complexity index is 1060. The monoisotopic (exact) mass is 478 g/mol. The molecule has 2 aromatic carbocycles. The highest BCUT2D eigenvalue weighted by molar-refractivity contribution is 5.99. The van der Waals surface area contributed by atoms with E-state index < -0.39 is 6.17 Å². The first-order valence-electron chi connectivity index (χ1n) is 12.2. The maximum atomic E-state index is 13.5. The van der Waals surface area contributed by atoms with Crippen LogP contribution >= 0.6 is 0 Å². The normalized spacial score (nSPS) is 22.1. The van der Waals surface area contributed by atoms with Gasteiger partial charge in [0.05, 0.1) is 13.5 Å². The van der Waals surface area contributed by atoms with Crippen LogP contribution in [0.4, 0.5) is 0 Å². The van der Waals surface area contributed by atoms with Gasteiger partial charge in [0.15, 0.2) is 6.17 Å². The number of hydrogen-bond acceptors (Lipinski definition) is 5. The van der Waals surface area contributed by atoms with Gasteiger partial charge in [-0.2, -0.15) is 0 Å². The zero-order valence-corrected chi connectivity index (χ0v) is 20.4. The highest BCUT2D eigenvalue weighted by atomic mass is 16.5. The molecule has 0 spiro atoms. The number of carbonyl (C=O) groups is 3. The third kappa shape index (κ3) is 5.82. The minimum absolute atomic E-state index is 0.00244. The van der Waals surface area contributed by atoms with Crippen LogP contribution < -0.4 is 15.8 Å². The minimum atomic E-state index is -0.982. The Labute approximate surface area is 206 Å². The molecule has 1 saturated carbocycles. The molecule has 1 unspecified atom stereocenters. The number of nitrogens with two attached hydrogens (primary N) is 1. The Morgan fingerprint density at radius 2 is 1.69 bits per heavy atom. The molecule has 0 bridgehead atoms. The molecule has 1 atom stereocenters. The van der Waals surface area contributed by atoms with E-state index >= 15 is 0 Å². The first kappa shape index (κ1) is 24.7. The van der Waals surface area contributed by atoms with Crippen molar-refractivity contribution >= 4 is 17.7 Å². The number of nitrogens with zero attached hydrogens (tertiary/aromatic N) is 2. The summed E-state index contributed by atoms with van der Waals surface area (Å²) in [5.74, 6) is -0.0476. The fourth-order valence-corrected chi connectivity index (χ4v) is 4.89. The maximum Gasteiger partial charge on any atom is 0.264 e. The number of nitrogens with one attached hydrogen (secondary N) is 1. The summed E-state index contributed by atoms with van der Waals surface area (Å²) < 4.78 is 5.19. The smallest absolute Gasteiger partial charge is 0.264 e. The molecular weight excluding hydrogens is 444 g/mol. The van der Waals surface area contributed by atoms with E-state index in [1.54, 1.807) is 25.3 Å². The van der Waals surface area contributed by atoms with E-state index in [2.05, 4.69) is 5.32 Å². The second kappa shape index (κ2) is 10.9. The quantitative estimate of drug-likeness (QED) is 0.663. The van der Waals surface area contributed by atoms with Crippen LogP contribution in [0.25, 0.3) is 0 Å². The second-order valence-electron chi connectivity index (χ2n) is 9.47. The van der Waals surface area contributed by atoms with Crippen LogP contribution in [0.5, 0.6) is 5.75 Å². The molecule has 0 radical (unpaired) electrons. The molecule has 186 valence electrons. The number of ether oxygens (including phenoxy) is 1. The molecule has 1 heterocycles. The Hall–Kier alpha value is -3.39. The van der Waals surface area contributed by atoms with E-state index in [1.807, 2.05) is 37.3 Å². The van der Waals surface area contributed by atoms with Gasteiger partial charge in [-0.25, -0.2) is 0 Å². The van der Waals surface area contributed by atoms with E-state index in [-0.39, 0.29) is 36.2 Å². The van der Waals surface area contributed by atoms with E-state index in [0.717, 1.165) is 36.8 Å². The number of rotatable bonds is 6. The van der Waals surface area contributed by atoms with Crippen molar-refractivity contribution in [2.45, 2.75) is 57.3 Å². The summed E-state index contributed by atoms with van der Waals surface area (Å²) in [7, 11) is 1.59. The molecule has 8 heteroatoms. The van der Waals surface area contributed by atoms with Crippen LogP contribution in [0.3, 0.4) is 0 Å². The molecule has 4 rings (SSSR count). The van der Waals surface area contributed by atoms with Gasteiger partial charge in [-0.1, -0.05) is 29.8 Å².